The summed E-state index contributed by atoms with van der Waals surface area (Å²) in [5.74, 6) is 2.71. The number of rotatable bonds is 3. The van der Waals surface area contributed by atoms with Gasteiger partial charge in [-0.3, -0.25) is 4.79 Å². The zero-order chi connectivity index (χ0) is 14.7. The van der Waals surface area contributed by atoms with Crippen LogP contribution in [-0.2, 0) is 0 Å². The molecule has 21 heavy (non-hydrogen) atoms. The first kappa shape index (κ1) is 14.0. The number of carbonyl (C=O) groups is 1. The number of benzene rings is 2. The Morgan fingerprint density at radius 1 is 1.19 bits per heavy atom. The molecule has 1 aliphatic rings. The third-order valence-electron chi connectivity index (χ3n) is 3.58. The molecule has 0 spiro atoms. The van der Waals surface area contributed by atoms with Crippen molar-refractivity contribution in [2.75, 3.05) is 25.3 Å². The van der Waals surface area contributed by atoms with E-state index in [1.54, 1.807) is 18.9 Å². The SMILES string of the molecule is COc1cccc(-c2ccccc2C(=O)N2CCSC2)c1. The number of carbonyl (C=O) groups excluding carboxylic acids is 1. The maximum absolute atomic E-state index is 12.7. The van der Waals surface area contributed by atoms with Gasteiger partial charge in [0.2, 0.25) is 0 Å². The fraction of sp³-hybridized carbons (Fsp3) is 0.235. The Kier molecular flexibility index (Phi) is 4.15. The molecule has 3 nitrogen and oxygen atoms in total. The summed E-state index contributed by atoms with van der Waals surface area (Å²) < 4.78 is 5.28. The molecule has 108 valence electrons. The second-order valence-corrected chi connectivity index (χ2v) is 5.96. The lowest BCUT2D eigenvalue weighted by Crippen LogP contribution is -2.28. The molecule has 2 aromatic rings. The van der Waals surface area contributed by atoms with E-state index >= 15 is 0 Å². The lowest BCUT2D eigenvalue weighted by atomic mass is 9.98. The van der Waals surface area contributed by atoms with Crippen molar-refractivity contribution < 1.29 is 9.53 Å². The smallest absolute Gasteiger partial charge is 0.255 e. The molecule has 0 aliphatic carbocycles. The topological polar surface area (TPSA) is 29.5 Å². The summed E-state index contributed by atoms with van der Waals surface area (Å²) in [5, 5.41) is 0. The molecule has 0 unspecified atom stereocenters. The normalized spacial score (nSPS) is 14.2. The van der Waals surface area contributed by atoms with Gasteiger partial charge in [-0.05, 0) is 29.3 Å². The summed E-state index contributed by atoms with van der Waals surface area (Å²) in [6.45, 7) is 0.829. The monoisotopic (exact) mass is 299 g/mol. The summed E-state index contributed by atoms with van der Waals surface area (Å²) in [6.07, 6.45) is 0. The lowest BCUT2D eigenvalue weighted by molar-refractivity contribution is 0.0803. The molecular weight excluding hydrogens is 282 g/mol. The minimum absolute atomic E-state index is 0.110. The van der Waals surface area contributed by atoms with Crippen molar-refractivity contribution in [3.63, 3.8) is 0 Å². The van der Waals surface area contributed by atoms with Crippen LogP contribution in [-0.4, -0.2) is 36.1 Å². The van der Waals surface area contributed by atoms with Crippen LogP contribution in [0.25, 0.3) is 11.1 Å². The Hall–Kier alpha value is -1.94. The zero-order valence-corrected chi connectivity index (χ0v) is 12.7. The van der Waals surface area contributed by atoms with Crippen molar-refractivity contribution in [3.05, 3.63) is 54.1 Å². The van der Waals surface area contributed by atoms with Gasteiger partial charge < -0.3 is 9.64 Å². The molecule has 1 amide bonds. The van der Waals surface area contributed by atoms with Crippen molar-refractivity contribution in [2.45, 2.75) is 0 Å². The number of amides is 1. The minimum atomic E-state index is 0.110. The highest BCUT2D eigenvalue weighted by molar-refractivity contribution is 7.99. The van der Waals surface area contributed by atoms with Crippen LogP contribution in [0.2, 0.25) is 0 Å². The zero-order valence-electron chi connectivity index (χ0n) is 11.9. The molecule has 1 aliphatic heterocycles. The summed E-state index contributed by atoms with van der Waals surface area (Å²) in [4.78, 5) is 14.6. The number of ether oxygens (including phenoxy) is 1. The van der Waals surface area contributed by atoms with Crippen LogP contribution in [0.4, 0.5) is 0 Å². The van der Waals surface area contributed by atoms with Gasteiger partial charge in [0.15, 0.2) is 0 Å². The number of methoxy groups -OCH3 is 1. The van der Waals surface area contributed by atoms with E-state index in [2.05, 4.69) is 0 Å². The van der Waals surface area contributed by atoms with Gasteiger partial charge in [-0.25, -0.2) is 0 Å². The van der Waals surface area contributed by atoms with Crippen molar-refractivity contribution in [1.82, 2.24) is 4.90 Å². The van der Waals surface area contributed by atoms with Crippen molar-refractivity contribution >= 4 is 17.7 Å². The van der Waals surface area contributed by atoms with E-state index in [0.29, 0.717) is 0 Å². The average Bonchev–Trinajstić information content (AvgIpc) is 3.09. The van der Waals surface area contributed by atoms with Crippen LogP contribution in [0.1, 0.15) is 10.4 Å². The molecule has 0 radical (unpaired) electrons. The third kappa shape index (κ3) is 2.90. The summed E-state index contributed by atoms with van der Waals surface area (Å²) in [7, 11) is 1.65. The lowest BCUT2D eigenvalue weighted by Gasteiger charge is -2.17. The predicted molar refractivity (Wildman–Crippen MR) is 86.8 cm³/mol. The Labute approximate surface area is 128 Å². The Morgan fingerprint density at radius 3 is 2.81 bits per heavy atom. The highest BCUT2D eigenvalue weighted by atomic mass is 32.2. The van der Waals surface area contributed by atoms with Crippen molar-refractivity contribution in [2.24, 2.45) is 0 Å². The van der Waals surface area contributed by atoms with E-state index in [1.165, 1.54) is 0 Å². The van der Waals surface area contributed by atoms with Crippen LogP contribution in [0.3, 0.4) is 0 Å². The van der Waals surface area contributed by atoms with Gasteiger partial charge in [-0.15, -0.1) is 11.8 Å². The van der Waals surface area contributed by atoms with Gasteiger partial charge in [0.1, 0.15) is 5.75 Å². The largest absolute Gasteiger partial charge is 0.497 e. The van der Waals surface area contributed by atoms with E-state index in [-0.39, 0.29) is 5.91 Å². The van der Waals surface area contributed by atoms with Crippen LogP contribution in [0.15, 0.2) is 48.5 Å². The number of thioether (sulfide) groups is 1. The Morgan fingerprint density at radius 2 is 2.05 bits per heavy atom. The second-order valence-electron chi connectivity index (χ2n) is 4.88. The van der Waals surface area contributed by atoms with Gasteiger partial charge in [0, 0.05) is 17.9 Å². The molecule has 0 atom stereocenters. The molecule has 1 fully saturated rings. The number of nitrogens with zero attached hydrogens (tertiary/aromatic N) is 1. The number of hydrogen-bond donors (Lipinski definition) is 0. The first-order valence-corrected chi connectivity index (χ1v) is 8.05. The quantitative estimate of drug-likeness (QED) is 0.868. The highest BCUT2D eigenvalue weighted by Crippen LogP contribution is 2.28. The standard InChI is InChI=1S/C17H17NO2S/c1-20-14-6-4-5-13(11-14)15-7-2-3-8-16(15)17(19)18-9-10-21-12-18/h2-8,11H,9-10,12H2,1H3. The maximum atomic E-state index is 12.7. The predicted octanol–water partition coefficient (Wildman–Crippen LogP) is 3.51. The molecule has 1 saturated heterocycles. The summed E-state index contributed by atoms with van der Waals surface area (Å²) in [5.41, 5.74) is 2.72. The summed E-state index contributed by atoms with van der Waals surface area (Å²) >= 11 is 1.80. The van der Waals surface area contributed by atoms with Gasteiger partial charge in [0.25, 0.3) is 5.91 Å². The van der Waals surface area contributed by atoms with Gasteiger partial charge in [-0.2, -0.15) is 0 Å². The average molecular weight is 299 g/mol. The molecule has 0 bridgehead atoms. The van der Waals surface area contributed by atoms with Crippen molar-refractivity contribution in [1.29, 1.82) is 0 Å². The van der Waals surface area contributed by atoms with Crippen LogP contribution in [0.5, 0.6) is 5.75 Å². The van der Waals surface area contributed by atoms with E-state index in [0.717, 1.165) is 40.6 Å². The van der Waals surface area contributed by atoms with Gasteiger partial charge >= 0.3 is 0 Å². The Bertz CT molecular complexity index is 651. The van der Waals surface area contributed by atoms with E-state index in [4.69, 9.17) is 4.74 Å². The fourth-order valence-corrected chi connectivity index (χ4v) is 3.40. The molecular formula is C17H17NO2S. The van der Waals surface area contributed by atoms with E-state index in [1.807, 2.05) is 53.4 Å². The molecule has 0 aromatic heterocycles. The second kappa shape index (κ2) is 6.22. The fourth-order valence-electron chi connectivity index (χ4n) is 2.46. The van der Waals surface area contributed by atoms with Crippen LogP contribution < -0.4 is 4.74 Å². The highest BCUT2D eigenvalue weighted by Gasteiger charge is 2.22. The molecule has 1 heterocycles. The molecule has 0 saturated carbocycles. The minimum Gasteiger partial charge on any atom is -0.497 e. The van der Waals surface area contributed by atoms with E-state index < -0.39 is 0 Å². The first-order valence-electron chi connectivity index (χ1n) is 6.90. The van der Waals surface area contributed by atoms with Gasteiger partial charge in [-0.1, -0.05) is 30.3 Å². The van der Waals surface area contributed by atoms with Gasteiger partial charge in [0.05, 0.1) is 13.0 Å². The number of hydrogen-bond acceptors (Lipinski definition) is 3. The third-order valence-corrected chi connectivity index (χ3v) is 4.54. The van der Waals surface area contributed by atoms with Crippen LogP contribution >= 0.6 is 11.8 Å². The molecule has 4 heteroatoms. The molecule has 0 N–H and O–H groups in total. The van der Waals surface area contributed by atoms with Crippen molar-refractivity contribution in [3.8, 4) is 16.9 Å². The molecule has 2 aromatic carbocycles. The first-order chi connectivity index (χ1) is 10.3. The van der Waals surface area contributed by atoms with Crippen LogP contribution in [0, 0.1) is 0 Å². The summed E-state index contributed by atoms with van der Waals surface area (Å²) in [6, 6.07) is 15.6. The maximum Gasteiger partial charge on any atom is 0.255 e. The molecule has 3 rings (SSSR count). The van der Waals surface area contributed by atoms with E-state index in [9.17, 15) is 4.79 Å². The Balaban J connectivity index is 2.00.